The van der Waals surface area contributed by atoms with E-state index in [-0.39, 0.29) is 0 Å². The number of nitrogens with zero attached hydrogens (tertiary/aromatic N) is 3. The number of rotatable bonds is 7. The van der Waals surface area contributed by atoms with Gasteiger partial charge in [-0.15, -0.1) is 0 Å². The van der Waals surface area contributed by atoms with Gasteiger partial charge in [0.25, 0.3) is 0 Å². The summed E-state index contributed by atoms with van der Waals surface area (Å²) in [6.45, 7) is 0. The maximum Gasteiger partial charge on any atom is 0.229 e. The highest BCUT2D eigenvalue weighted by Gasteiger charge is 2.11. The molecular formula is C20H22ClN5O2. The van der Waals surface area contributed by atoms with Crippen molar-refractivity contribution < 1.29 is 9.47 Å². The third kappa shape index (κ3) is 4.55. The van der Waals surface area contributed by atoms with Crippen molar-refractivity contribution in [2.24, 2.45) is 0 Å². The number of anilines is 5. The van der Waals surface area contributed by atoms with Crippen LogP contribution in [0.25, 0.3) is 0 Å². The van der Waals surface area contributed by atoms with Gasteiger partial charge in [-0.05, 0) is 30.3 Å². The zero-order chi connectivity index (χ0) is 20.1. The molecule has 0 aliphatic rings. The van der Waals surface area contributed by atoms with Crippen LogP contribution in [0.15, 0.2) is 48.7 Å². The number of methoxy groups -OCH3 is 2. The van der Waals surface area contributed by atoms with Crippen LogP contribution in [0.2, 0.25) is 5.02 Å². The Morgan fingerprint density at radius 2 is 1.64 bits per heavy atom. The average Bonchev–Trinajstić information content (AvgIpc) is 2.69. The van der Waals surface area contributed by atoms with Crippen LogP contribution in [0.3, 0.4) is 0 Å². The molecule has 28 heavy (non-hydrogen) atoms. The quantitative estimate of drug-likeness (QED) is 0.596. The van der Waals surface area contributed by atoms with E-state index in [9.17, 15) is 0 Å². The third-order valence-electron chi connectivity index (χ3n) is 4.03. The summed E-state index contributed by atoms with van der Waals surface area (Å²) < 4.78 is 10.7. The van der Waals surface area contributed by atoms with Crippen LogP contribution in [0.1, 0.15) is 0 Å². The van der Waals surface area contributed by atoms with E-state index in [1.54, 1.807) is 38.6 Å². The molecule has 0 saturated carbocycles. The summed E-state index contributed by atoms with van der Waals surface area (Å²) in [6, 6.07) is 13.2. The van der Waals surface area contributed by atoms with Crippen molar-refractivity contribution in [1.29, 1.82) is 0 Å². The number of hydrogen-bond acceptors (Lipinski definition) is 7. The minimum Gasteiger partial charge on any atom is -0.495 e. The molecule has 1 heterocycles. The Labute approximate surface area is 169 Å². The SMILES string of the molecule is COc1cc(Nc2ccnc(Nc3ccc(N(C)C)cc3)n2)c(OC)cc1Cl. The van der Waals surface area contributed by atoms with Crippen molar-refractivity contribution >= 4 is 40.4 Å². The predicted octanol–water partition coefficient (Wildman–Crippen LogP) is 4.70. The normalized spacial score (nSPS) is 10.3. The maximum absolute atomic E-state index is 6.16. The highest BCUT2D eigenvalue weighted by molar-refractivity contribution is 6.32. The second-order valence-corrected chi connectivity index (χ2v) is 6.55. The van der Waals surface area contributed by atoms with E-state index in [0.717, 1.165) is 11.4 Å². The number of aromatic nitrogens is 2. The molecule has 8 heteroatoms. The maximum atomic E-state index is 6.16. The van der Waals surface area contributed by atoms with Crippen LogP contribution < -0.4 is 25.0 Å². The summed E-state index contributed by atoms with van der Waals surface area (Å²) in [4.78, 5) is 10.8. The molecule has 2 N–H and O–H groups in total. The summed E-state index contributed by atoms with van der Waals surface area (Å²) in [5.41, 5.74) is 2.70. The van der Waals surface area contributed by atoms with Crippen molar-refractivity contribution in [3.8, 4) is 11.5 Å². The first-order chi connectivity index (χ1) is 13.5. The molecule has 7 nitrogen and oxygen atoms in total. The van der Waals surface area contributed by atoms with E-state index < -0.39 is 0 Å². The Balaban J connectivity index is 1.80. The summed E-state index contributed by atoms with van der Waals surface area (Å²) >= 11 is 6.16. The van der Waals surface area contributed by atoms with Crippen molar-refractivity contribution in [2.45, 2.75) is 0 Å². The molecule has 0 saturated heterocycles. The zero-order valence-electron chi connectivity index (χ0n) is 16.2. The van der Waals surface area contributed by atoms with Gasteiger partial charge in [0.15, 0.2) is 0 Å². The number of hydrogen-bond donors (Lipinski definition) is 2. The van der Waals surface area contributed by atoms with Crippen LogP contribution in [0.4, 0.5) is 28.8 Å². The van der Waals surface area contributed by atoms with Crippen molar-refractivity contribution in [2.75, 3.05) is 43.8 Å². The van der Waals surface area contributed by atoms with Crippen LogP contribution >= 0.6 is 11.6 Å². The van der Waals surface area contributed by atoms with Crippen LogP contribution in [0, 0.1) is 0 Å². The first-order valence-corrected chi connectivity index (χ1v) is 8.94. The van der Waals surface area contributed by atoms with Gasteiger partial charge in [0.05, 0.1) is 24.9 Å². The molecule has 0 unspecified atom stereocenters. The number of ether oxygens (including phenoxy) is 2. The van der Waals surface area contributed by atoms with E-state index in [4.69, 9.17) is 21.1 Å². The van der Waals surface area contributed by atoms with Crippen LogP contribution in [-0.4, -0.2) is 38.3 Å². The van der Waals surface area contributed by atoms with Gasteiger partial charge in [-0.2, -0.15) is 4.98 Å². The van der Waals surface area contributed by atoms with Gasteiger partial charge in [-0.1, -0.05) is 11.6 Å². The fourth-order valence-corrected chi connectivity index (χ4v) is 2.79. The minimum atomic E-state index is 0.469. The van der Waals surface area contributed by atoms with Gasteiger partial charge in [0, 0.05) is 43.8 Å². The molecule has 0 radical (unpaired) electrons. The molecule has 0 amide bonds. The van der Waals surface area contributed by atoms with Crippen LogP contribution in [-0.2, 0) is 0 Å². The summed E-state index contributed by atoms with van der Waals surface area (Å²) in [5, 5.41) is 6.88. The number of halogens is 1. The van der Waals surface area contributed by atoms with Gasteiger partial charge >= 0.3 is 0 Å². The molecule has 146 valence electrons. The Hall–Kier alpha value is -3.19. The predicted molar refractivity (Wildman–Crippen MR) is 114 cm³/mol. The van der Waals surface area contributed by atoms with Crippen molar-refractivity contribution in [3.63, 3.8) is 0 Å². The number of benzene rings is 2. The monoisotopic (exact) mass is 399 g/mol. The topological polar surface area (TPSA) is 71.5 Å². The molecule has 0 spiro atoms. The van der Waals surface area contributed by atoms with Crippen molar-refractivity contribution in [3.05, 3.63) is 53.7 Å². The third-order valence-corrected chi connectivity index (χ3v) is 4.33. The lowest BCUT2D eigenvalue weighted by molar-refractivity contribution is 0.405. The van der Waals surface area contributed by atoms with Gasteiger partial charge in [-0.3, -0.25) is 0 Å². The zero-order valence-corrected chi connectivity index (χ0v) is 16.9. The van der Waals surface area contributed by atoms with Crippen molar-refractivity contribution in [1.82, 2.24) is 9.97 Å². The Morgan fingerprint density at radius 1 is 0.929 bits per heavy atom. The lowest BCUT2D eigenvalue weighted by Crippen LogP contribution is -2.08. The van der Waals surface area contributed by atoms with Gasteiger partial charge in [-0.25, -0.2) is 4.98 Å². The molecule has 0 fully saturated rings. The van der Waals surface area contributed by atoms with Gasteiger partial charge in [0.2, 0.25) is 5.95 Å². The standard InChI is InChI=1S/C20H22ClN5O2/c1-26(2)14-7-5-13(6-8-14)23-20-22-10-9-19(25-20)24-16-12-17(27-3)15(21)11-18(16)28-4/h5-12H,1-4H3,(H2,22,23,24,25). The second kappa shape index (κ2) is 8.67. The lowest BCUT2D eigenvalue weighted by atomic mass is 10.2. The molecule has 3 aromatic rings. The number of nitrogens with one attached hydrogen (secondary N) is 2. The van der Waals surface area contributed by atoms with Gasteiger partial charge < -0.3 is 25.0 Å². The van der Waals surface area contributed by atoms with E-state index >= 15 is 0 Å². The molecule has 1 aromatic heterocycles. The molecular weight excluding hydrogens is 378 g/mol. The van der Waals surface area contributed by atoms with E-state index in [1.165, 1.54) is 0 Å². The fraction of sp³-hybridized carbons (Fsp3) is 0.200. The molecule has 3 rings (SSSR count). The highest BCUT2D eigenvalue weighted by atomic mass is 35.5. The summed E-state index contributed by atoms with van der Waals surface area (Å²) in [5.74, 6) is 2.20. The fourth-order valence-electron chi connectivity index (χ4n) is 2.56. The van der Waals surface area contributed by atoms with E-state index in [2.05, 4.69) is 20.6 Å². The Morgan fingerprint density at radius 3 is 2.29 bits per heavy atom. The molecule has 2 aromatic carbocycles. The largest absolute Gasteiger partial charge is 0.495 e. The van der Waals surface area contributed by atoms with E-state index in [0.29, 0.717) is 34.0 Å². The van der Waals surface area contributed by atoms with E-state index in [1.807, 2.05) is 43.3 Å². The summed E-state index contributed by atoms with van der Waals surface area (Å²) in [6.07, 6.45) is 1.67. The van der Waals surface area contributed by atoms with Crippen LogP contribution in [0.5, 0.6) is 11.5 Å². The lowest BCUT2D eigenvalue weighted by Gasteiger charge is -2.14. The highest BCUT2D eigenvalue weighted by Crippen LogP contribution is 2.37. The molecule has 0 aliphatic carbocycles. The smallest absolute Gasteiger partial charge is 0.229 e. The Bertz CT molecular complexity index is 948. The molecule has 0 atom stereocenters. The van der Waals surface area contributed by atoms with Gasteiger partial charge in [0.1, 0.15) is 17.3 Å². The molecule has 0 aliphatic heterocycles. The summed E-state index contributed by atoms with van der Waals surface area (Å²) in [7, 11) is 7.14. The first-order valence-electron chi connectivity index (χ1n) is 8.56. The average molecular weight is 400 g/mol. The Kier molecular flexibility index (Phi) is 6.06. The molecule has 0 bridgehead atoms. The first kappa shape index (κ1) is 19.6. The minimum absolute atomic E-state index is 0.469. The second-order valence-electron chi connectivity index (χ2n) is 6.14.